The first kappa shape index (κ1) is 19.3. The third-order valence-electron chi connectivity index (χ3n) is 2.84. The lowest BCUT2D eigenvalue weighted by atomic mass is 10.2. The topological polar surface area (TPSA) is 57.2 Å². The largest absolute Gasteiger partial charge is 0.491 e. The molecule has 0 fully saturated rings. The molecule has 0 aliphatic rings. The number of hydrogen-bond acceptors (Lipinski definition) is 5. The number of aliphatic hydroxyl groups is 1. The molecule has 0 spiro atoms. The van der Waals surface area contributed by atoms with Crippen molar-refractivity contribution < 1.29 is 24.1 Å². The van der Waals surface area contributed by atoms with Crippen LogP contribution in [0.1, 0.15) is 12.0 Å². The fourth-order valence-electron chi connectivity index (χ4n) is 1.72. The van der Waals surface area contributed by atoms with E-state index in [1.54, 1.807) is 0 Å². The normalized spacial score (nSPS) is 10.9. The smallest absolute Gasteiger partial charge is 0.126 e. The van der Waals surface area contributed by atoms with E-state index >= 15 is 0 Å². The molecule has 0 heterocycles. The second-order valence-corrected chi connectivity index (χ2v) is 5.43. The molecule has 0 aliphatic carbocycles. The summed E-state index contributed by atoms with van der Waals surface area (Å²) in [5.74, 6) is 0.871. The fraction of sp³-hybridized carbons (Fsp3) is 0.625. The van der Waals surface area contributed by atoms with E-state index in [1.165, 1.54) is 5.56 Å². The Hall–Kier alpha value is -0.710. The number of ether oxygens (including phenoxy) is 4. The highest BCUT2D eigenvalue weighted by Gasteiger charge is 1.99. The second kappa shape index (κ2) is 12.8. The summed E-state index contributed by atoms with van der Waals surface area (Å²) in [6, 6.07) is 6.06. The Kier molecular flexibility index (Phi) is 11.2. The Morgan fingerprint density at radius 1 is 0.909 bits per heavy atom. The van der Waals surface area contributed by atoms with Gasteiger partial charge in [-0.2, -0.15) is 0 Å². The van der Waals surface area contributed by atoms with Crippen LogP contribution in [0.2, 0.25) is 0 Å². The first-order valence-electron chi connectivity index (χ1n) is 7.57. The van der Waals surface area contributed by atoms with Crippen LogP contribution in [0.15, 0.2) is 18.2 Å². The van der Waals surface area contributed by atoms with Crippen LogP contribution < -0.4 is 10.0 Å². The van der Waals surface area contributed by atoms with Crippen LogP contribution in [0.4, 0.5) is 0 Å². The Balaban J connectivity index is 1.89. The average Bonchev–Trinajstić information content (AvgIpc) is 2.50. The van der Waals surface area contributed by atoms with E-state index in [2.05, 4.69) is 22.2 Å². The molecule has 1 atom stereocenters. The lowest BCUT2D eigenvalue weighted by Crippen LogP contribution is -2.14. The van der Waals surface area contributed by atoms with E-state index < -0.39 is 0 Å². The average molecular weight is 330 g/mol. The molecule has 0 saturated carbocycles. The summed E-state index contributed by atoms with van der Waals surface area (Å²) in [6.45, 7) is 6.03. The van der Waals surface area contributed by atoms with E-state index in [4.69, 9.17) is 24.1 Å². The van der Waals surface area contributed by atoms with Crippen molar-refractivity contribution in [2.75, 3.05) is 52.9 Å². The maximum absolute atomic E-state index is 8.57. The van der Waals surface area contributed by atoms with Gasteiger partial charge in [-0.3, -0.25) is 0 Å². The van der Waals surface area contributed by atoms with Crippen molar-refractivity contribution in [1.29, 1.82) is 0 Å². The van der Waals surface area contributed by atoms with Gasteiger partial charge in [0.05, 0.1) is 33.0 Å². The minimum Gasteiger partial charge on any atom is -0.491 e. The highest BCUT2D eigenvalue weighted by atomic mass is 31.0. The van der Waals surface area contributed by atoms with Crippen molar-refractivity contribution in [2.45, 2.75) is 13.3 Å². The predicted octanol–water partition coefficient (Wildman–Crippen LogP) is 1.31. The molecule has 0 bridgehead atoms. The first-order chi connectivity index (χ1) is 10.7. The van der Waals surface area contributed by atoms with Gasteiger partial charge in [-0.25, -0.2) is 0 Å². The molecule has 0 aromatic heterocycles. The van der Waals surface area contributed by atoms with Crippen LogP contribution in [0, 0.1) is 6.92 Å². The molecule has 0 amide bonds. The Labute approximate surface area is 135 Å². The molecular weight excluding hydrogens is 303 g/mol. The van der Waals surface area contributed by atoms with Crippen molar-refractivity contribution in [2.24, 2.45) is 0 Å². The van der Waals surface area contributed by atoms with Gasteiger partial charge in [0.15, 0.2) is 0 Å². The molecule has 1 N–H and O–H groups in total. The minimum absolute atomic E-state index is 0.164. The molecule has 1 unspecified atom stereocenters. The minimum atomic E-state index is 0.164. The van der Waals surface area contributed by atoms with Crippen LogP contribution in [-0.2, 0) is 14.2 Å². The van der Waals surface area contributed by atoms with Gasteiger partial charge < -0.3 is 24.1 Å². The first-order valence-corrected chi connectivity index (χ1v) is 8.15. The van der Waals surface area contributed by atoms with Crippen molar-refractivity contribution in [3.8, 4) is 5.75 Å². The summed E-state index contributed by atoms with van der Waals surface area (Å²) in [6.07, 6.45) is 0.669. The molecule has 1 rings (SSSR count). The van der Waals surface area contributed by atoms with E-state index in [-0.39, 0.29) is 6.61 Å². The zero-order valence-electron chi connectivity index (χ0n) is 13.3. The van der Waals surface area contributed by atoms with Crippen molar-refractivity contribution >= 4 is 14.5 Å². The summed E-state index contributed by atoms with van der Waals surface area (Å²) in [4.78, 5) is 0. The highest BCUT2D eigenvalue weighted by Crippen LogP contribution is 2.12. The maximum atomic E-state index is 8.57. The molecule has 1 aromatic carbocycles. The predicted molar refractivity (Wildman–Crippen MR) is 90.2 cm³/mol. The highest BCUT2D eigenvalue weighted by molar-refractivity contribution is 7.27. The van der Waals surface area contributed by atoms with Gasteiger partial charge in [-0.15, -0.1) is 9.24 Å². The van der Waals surface area contributed by atoms with Gasteiger partial charge in [-0.05, 0) is 25.5 Å². The van der Waals surface area contributed by atoms with Gasteiger partial charge in [0.1, 0.15) is 12.4 Å². The molecule has 6 heteroatoms. The van der Waals surface area contributed by atoms with Gasteiger partial charge in [0.25, 0.3) is 0 Å². The van der Waals surface area contributed by atoms with Crippen LogP contribution in [0.3, 0.4) is 0 Å². The standard InChI is InChI=1S/C16H27O5P/c1-14-3-4-15(16(22)13-14)21-12-11-20-10-9-19-8-7-18-6-2-5-17/h3-4,13,17H,2,5-12,22H2,1H3. The summed E-state index contributed by atoms with van der Waals surface area (Å²) in [7, 11) is 2.68. The van der Waals surface area contributed by atoms with Crippen LogP contribution in [0.5, 0.6) is 5.75 Å². The van der Waals surface area contributed by atoms with Gasteiger partial charge in [0, 0.05) is 18.5 Å². The molecular formula is C16H27O5P. The Morgan fingerprint density at radius 2 is 1.50 bits per heavy atom. The maximum Gasteiger partial charge on any atom is 0.126 e. The Morgan fingerprint density at radius 3 is 2.09 bits per heavy atom. The van der Waals surface area contributed by atoms with E-state index in [9.17, 15) is 0 Å². The van der Waals surface area contributed by atoms with Crippen molar-refractivity contribution in [1.82, 2.24) is 0 Å². The van der Waals surface area contributed by atoms with Gasteiger partial charge in [-0.1, -0.05) is 11.6 Å². The number of benzene rings is 1. The van der Waals surface area contributed by atoms with Gasteiger partial charge in [0.2, 0.25) is 0 Å². The lowest BCUT2D eigenvalue weighted by molar-refractivity contribution is 0.00758. The molecule has 0 radical (unpaired) electrons. The van der Waals surface area contributed by atoms with Crippen molar-refractivity contribution in [3.05, 3.63) is 23.8 Å². The molecule has 1 aromatic rings. The number of rotatable bonds is 13. The molecule has 22 heavy (non-hydrogen) atoms. The Bertz CT molecular complexity index is 400. The van der Waals surface area contributed by atoms with Crippen molar-refractivity contribution in [3.63, 3.8) is 0 Å². The zero-order chi connectivity index (χ0) is 16.0. The van der Waals surface area contributed by atoms with Crippen LogP contribution >= 0.6 is 9.24 Å². The third-order valence-corrected chi connectivity index (χ3v) is 3.29. The molecule has 0 aliphatic heterocycles. The number of hydrogen-bond donors (Lipinski definition) is 1. The number of aryl methyl sites for hydroxylation is 1. The fourth-order valence-corrected chi connectivity index (χ4v) is 2.16. The van der Waals surface area contributed by atoms with E-state index in [0.717, 1.165) is 11.1 Å². The SMILES string of the molecule is Cc1ccc(OCCOCCOCCOCCCO)c(P)c1. The quantitative estimate of drug-likeness (QED) is 0.436. The van der Waals surface area contributed by atoms with E-state index in [0.29, 0.717) is 52.7 Å². The lowest BCUT2D eigenvalue weighted by Gasteiger charge is -2.10. The summed E-state index contributed by atoms with van der Waals surface area (Å²) < 4.78 is 21.7. The number of aliphatic hydroxyl groups excluding tert-OH is 1. The van der Waals surface area contributed by atoms with E-state index in [1.807, 2.05) is 12.1 Å². The van der Waals surface area contributed by atoms with Gasteiger partial charge >= 0.3 is 0 Å². The monoisotopic (exact) mass is 330 g/mol. The third kappa shape index (κ3) is 9.34. The molecule has 5 nitrogen and oxygen atoms in total. The van der Waals surface area contributed by atoms with Crippen LogP contribution in [0.25, 0.3) is 0 Å². The zero-order valence-corrected chi connectivity index (χ0v) is 14.4. The second-order valence-electron chi connectivity index (χ2n) is 4.80. The summed E-state index contributed by atoms with van der Waals surface area (Å²) >= 11 is 0. The molecule has 0 saturated heterocycles. The van der Waals surface area contributed by atoms with Crippen LogP contribution in [-0.4, -0.2) is 58.0 Å². The molecule has 126 valence electrons. The summed E-state index contributed by atoms with van der Waals surface area (Å²) in [5, 5.41) is 9.63. The summed E-state index contributed by atoms with van der Waals surface area (Å²) in [5.41, 5.74) is 1.21.